The van der Waals surface area contributed by atoms with Crippen molar-refractivity contribution >= 4 is 23.1 Å². The maximum atomic E-state index is 13.7. The van der Waals surface area contributed by atoms with Crippen molar-refractivity contribution in [2.45, 2.75) is 46.1 Å². The van der Waals surface area contributed by atoms with E-state index in [4.69, 9.17) is 9.47 Å². The molecule has 1 heterocycles. The van der Waals surface area contributed by atoms with E-state index in [2.05, 4.69) is 20.8 Å². The minimum Gasteiger partial charge on any atom is -0.507 e. The molecule has 0 aliphatic carbocycles. The van der Waals surface area contributed by atoms with E-state index in [0.717, 1.165) is 22.4 Å². The molecular formula is C36H35NO5. The summed E-state index contributed by atoms with van der Waals surface area (Å²) in [4.78, 5) is 28.8. The van der Waals surface area contributed by atoms with E-state index >= 15 is 0 Å². The van der Waals surface area contributed by atoms with E-state index in [1.807, 2.05) is 80.6 Å². The number of amides is 1. The van der Waals surface area contributed by atoms with Crippen LogP contribution >= 0.6 is 0 Å². The number of anilines is 1. The number of para-hydroxylation sites is 1. The Hall–Kier alpha value is -4.84. The zero-order chi connectivity index (χ0) is 30.0. The Labute approximate surface area is 246 Å². The van der Waals surface area contributed by atoms with Gasteiger partial charge in [-0.3, -0.25) is 14.5 Å². The van der Waals surface area contributed by atoms with E-state index in [9.17, 15) is 14.7 Å². The zero-order valence-corrected chi connectivity index (χ0v) is 24.5. The summed E-state index contributed by atoms with van der Waals surface area (Å²) in [6.07, 6.45) is 0. The molecule has 0 radical (unpaired) electrons. The number of carbonyl (C=O) groups is 2. The summed E-state index contributed by atoms with van der Waals surface area (Å²) in [5, 5.41) is 11.7. The highest BCUT2D eigenvalue weighted by Crippen LogP contribution is 2.43. The third kappa shape index (κ3) is 5.66. The second kappa shape index (κ2) is 11.6. The molecule has 4 aromatic rings. The molecule has 1 amide bonds. The molecule has 214 valence electrons. The smallest absolute Gasteiger partial charge is 0.300 e. The Morgan fingerprint density at radius 1 is 0.857 bits per heavy atom. The first-order valence-electron chi connectivity index (χ1n) is 14.1. The fourth-order valence-electron chi connectivity index (χ4n) is 5.25. The van der Waals surface area contributed by atoms with Crippen LogP contribution in [0.4, 0.5) is 5.69 Å². The number of Topliss-reactive ketones (excluding diaryl/α,β-unsaturated/α-hetero) is 1. The van der Waals surface area contributed by atoms with Crippen LogP contribution in [0.15, 0.2) is 103 Å². The first-order chi connectivity index (χ1) is 20.1. The van der Waals surface area contributed by atoms with Gasteiger partial charge in [-0.25, -0.2) is 0 Å². The van der Waals surface area contributed by atoms with Gasteiger partial charge in [-0.2, -0.15) is 0 Å². The summed E-state index contributed by atoms with van der Waals surface area (Å²) in [7, 11) is 0. The highest BCUT2D eigenvalue weighted by molar-refractivity contribution is 6.51. The van der Waals surface area contributed by atoms with Crippen molar-refractivity contribution in [2.75, 3.05) is 11.5 Å². The Morgan fingerprint density at radius 3 is 2.19 bits per heavy atom. The van der Waals surface area contributed by atoms with E-state index < -0.39 is 17.7 Å². The number of ether oxygens (including phenoxy) is 2. The number of rotatable bonds is 7. The van der Waals surface area contributed by atoms with Crippen LogP contribution in [-0.4, -0.2) is 23.4 Å². The maximum Gasteiger partial charge on any atom is 0.300 e. The molecule has 1 saturated heterocycles. The van der Waals surface area contributed by atoms with Gasteiger partial charge in [0.25, 0.3) is 11.7 Å². The molecule has 0 saturated carbocycles. The third-order valence-corrected chi connectivity index (χ3v) is 7.26. The molecule has 5 rings (SSSR count). The number of nitrogens with zero attached hydrogens (tertiary/aromatic N) is 1. The molecule has 1 atom stereocenters. The SMILES string of the molecule is CCOc1ccc(/C(O)=C2/C(=O)C(=O)N(c3ccc(Oc4ccccc4)cc3)C2c2cccc(C)c2)cc1C(C)(C)C. The fourth-order valence-corrected chi connectivity index (χ4v) is 5.25. The molecule has 0 bridgehead atoms. The van der Waals surface area contributed by atoms with Crippen molar-refractivity contribution in [1.82, 2.24) is 0 Å². The Balaban J connectivity index is 1.62. The van der Waals surface area contributed by atoms with Crippen molar-refractivity contribution in [2.24, 2.45) is 0 Å². The van der Waals surface area contributed by atoms with Gasteiger partial charge in [0.15, 0.2) is 0 Å². The van der Waals surface area contributed by atoms with Crippen molar-refractivity contribution in [3.63, 3.8) is 0 Å². The first-order valence-corrected chi connectivity index (χ1v) is 14.1. The lowest BCUT2D eigenvalue weighted by Crippen LogP contribution is -2.29. The van der Waals surface area contributed by atoms with E-state index in [1.165, 1.54) is 4.90 Å². The van der Waals surface area contributed by atoms with Gasteiger partial charge >= 0.3 is 0 Å². The monoisotopic (exact) mass is 561 g/mol. The second-order valence-corrected chi connectivity index (χ2v) is 11.4. The number of aliphatic hydroxyl groups excluding tert-OH is 1. The average Bonchev–Trinajstić information content (AvgIpc) is 3.23. The van der Waals surface area contributed by atoms with Crippen LogP contribution in [0.2, 0.25) is 0 Å². The average molecular weight is 562 g/mol. The van der Waals surface area contributed by atoms with Gasteiger partial charge in [0.05, 0.1) is 18.2 Å². The van der Waals surface area contributed by atoms with Crippen LogP contribution in [0.25, 0.3) is 5.76 Å². The minimum absolute atomic E-state index is 0.0410. The Kier molecular flexibility index (Phi) is 7.90. The van der Waals surface area contributed by atoms with Gasteiger partial charge < -0.3 is 14.6 Å². The summed E-state index contributed by atoms with van der Waals surface area (Å²) < 4.78 is 11.8. The molecule has 4 aromatic carbocycles. The van der Waals surface area contributed by atoms with Gasteiger partial charge in [0.1, 0.15) is 23.0 Å². The van der Waals surface area contributed by atoms with Gasteiger partial charge in [-0.15, -0.1) is 0 Å². The third-order valence-electron chi connectivity index (χ3n) is 7.26. The van der Waals surface area contributed by atoms with Gasteiger partial charge in [0, 0.05) is 16.8 Å². The van der Waals surface area contributed by atoms with Crippen LogP contribution in [0.3, 0.4) is 0 Å². The molecule has 6 heteroatoms. The standard InChI is InChI=1S/C36H35NO5/c1-6-41-30-20-15-25(22-29(30)36(3,4)5)33(38)31-32(24-12-10-11-23(2)21-24)37(35(40)34(31)39)26-16-18-28(19-17-26)42-27-13-8-7-9-14-27/h7-22,32,38H,6H2,1-5H3/b33-31-. The normalized spacial score (nSPS) is 16.5. The van der Waals surface area contributed by atoms with Crippen LogP contribution in [0.5, 0.6) is 17.2 Å². The van der Waals surface area contributed by atoms with Crippen molar-refractivity contribution < 1.29 is 24.2 Å². The highest BCUT2D eigenvalue weighted by atomic mass is 16.5. The Morgan fingerprint density at radius 2 is 1.55 bits per heavy atom. The quantitative estimate of drug-likeness (QED) is 0.140. The van der Waals surface area contributed by atoms with Gasteiger partial charge in [-0.05, 0) is 79.4 Å². The molecular weight excluding hydrogens is 526 g/mol. The van der Waals surface area contributed by atoms with Crippen LogP contribution < -0.4 is 14.4 Å². The van der Waals surface area contributed by atoms with E-state index in [1.54, 1.807) is 30.3 Å². The highest BCUT2D eigenvalue weighted by Gasteiger charge is 2.47. The molecule has 6 nitrogen and oxygen atoms in total. The van der Waals surface area contributed by atoms with Gasteiger partial charge in [-0.1, -0.05) is 68.8 Å². The van der Waals surface area contributed by atoms with Gasteiger partial charge in [0.2, 0.25) is 0 Å². The summed E-state index contributed by atoms with van der Waals surface area (Å²) in [5.74, 6) is 0.333. The number of ketones is 1. The summed E-state index contributed by atoms with van der Waals surface area (Å²) in [5.41, 5.74) is 3.31. The predicted octanol–water partition coefficient (Wildman–Crippen LogP) is 8.11. The lowest BCUT2D eigenvalue weighted by atomic mass is 9.84. The summed E-state index contributed by atoms with van der Waals surface area (Å²) >= 11 is 0. The molecule has 1 aliphatic rings. The first kappa shape index (κ1) is 28.7. The summed E-state index contributed by atoms with van der Waals surface area (Å²) in [6, 6.07) is 28.6. The molecule has 1 fully saturated rings. The topological polar surface area (TPSA) is 76.1 Å². The summed E-state index contributed by atoms with van der Waals surface area (Å²) in [6.45, 7) is 10.6. The van der Waals surface area contributed by atoms with Crippen molar-refractivity contribution in [3.8, 4) is 17.2 Å². The fraction of sp³-hybridized carbons (Fsp3) is 0.222. The largest absolute Gasteiger partial charge is 0.507 e. The van der Waals surface area contributed by atoms with Crippen LogP contribution in [-0.2, 0) is 15.0 Å². The molecule has 42 heavy (non-hydrogen) atoms. The lowest BCUT2D eigenvalue weighted by molar-refractivity contribution is -0.132. The zero-order valence-electron chi connectivity index (χ0n) is 24.5. The number of hydrogen-bond donors (Lipinski definition) is 1. The number of aliphatic hydroxyl groups is 1. The Bertz CT molecular complexity index is 1650. The minimum atomic E-state index is -0.824. The number of aryl methyl sites for hydroxylation is 1. The van der Waals surface area contributed by atoms with Crippen LogP contribution in [0, 0.1) is 6.92 Å². The van der Waals surface area contributed by atoms with Crippen molar-refractivity contribution in [1.29, 1.82) is 0 Å². The molecule has 1 N–H and O–H groups in total. The number of carbonyl (C=O) groups excluding carboxylic acids is 2. The molecule has 1 aliphatic heterocycles. The van der Waals surface area contributed by atoms with E-state index in [-0.39, 0.29) is 16.7 Å². The van der Waals surface area contributed by atoms with Crippen molar-refractivity contribution in [3.05, 3.63) is 125 Å². The lowest BCUT2D eigenvalue weighted by Gasteiger charge is -2.26. The molecule has 1 unspecified atom stereocenters. The predicted molar refractivity (Wildman–Crippen MR) is 165 cm³/mol. The van der Waals surface area contributed by atoms with Crippen LogP contribution in [0.1, 0.15) is 56.0 Å². The maximum absolute atomic E-state index is 13.7. The number of benzene rings is 4. The molecule has 0 spiro atoms. The number of hydrogen-bond acceptors (Lipinski definition) is 5. The van der Waals surface area contributed by atoms with E-state index in [0.29, 0.717) is 29.4 Å². The molecule has 0 aromatic heterocycles. The second-order valence-electron chi connectivity index (χ2n) is 11.4.